The van der Waals surface area contributed by atoms with Crippen LogP contribution in [0.15, 0.2) is 12.4 Å². The quantitative estimate of drug-likeness (QED) is 0.768. The van der Waals surface area contributed by atoms with Crippen LogP contribution < -0.4 is 10.1 Å². The second-order valence-electron chi connectivity index (χ2n) is 2.88. The van der Waals surface area contributed by atoms with E-state index in [0.29, 0.717) is 11.0 Å². The zero-order chi connectivity index (χ0) is 9.10. The standard InChI is InChI=1S/C8H10ClN3O/c9-7-8(12-4-3-11-7)13-6-1-2-10-5-6/h3-4,6,10H,1-2,5H2/t6-/m1/s1. The maximum Gasteiger partial charge on any atom is 0.252 e. The minimum Gasteiger partial charge on any atom is -0.471 e. The first-order chi connectivity index (χ1) is 6.36. The van der Waals surface area contributed by atoms with Gasteiger partial charge in [-0.1, -0.05) is 11.6 Å². The van der Waals surface area contributed by atoms with Crippen LogP contribution in [0.3, 0.4) is 0 Å². The van der Waals surface area contributed by atoms with Gasteiger partial charge in [-0.15, -0.1) is 0 Å². The molecule has 0 spiro atoms. The molecule has 2 rings (SSSR count). The molecule has 0 aliphatic carbocycles. The van der Waals surface area contributed by atoms with Crippen molar-refractivity contribution < 1.29 is 4.74 Å². The number of nitrogens with zero attached hydrogens (tertiary/aromatic N) is 2. The smallest absolute Gasteiger partial charge is 0.252 e. The molecule has 0 saturated carbocycles. The van der Waals surface area contributed by atoms with Crippen molar-refractivity contribution in [3.63, 3.8) is 0 Å². The van der Waals surface area contributed by atoms with Gasteiger partial charge in [-0.2, -0.15) is 0 Å². The third kappa shape index (κ3) is 2.08. The molecule has 0 bridgehead atoms. The Morgan fingerprint density at radius 3 is 3.00 bits per heavy atom. The fraction of sp³-hybridized carbons (Fsp3) is 0.500. The van der Waals surface area contributed by atoms with Crippen molar-refractivity contribution >= 4 is 11.6 Å². The summed E-state index contributed by atoms with van der Waals surface area (Å²) in [5, 5.41) is 3.52. The van der Waals surface area contributed by atoms with Crippen LogP contribution in [-0.2, 0) is 0 Å². The molecule has 1 atom stereocenters. The first-order valence-electron chi connectivity index (χ1n) is 4.20. The number of halogens is 1. The Labute approximate surface area is 81.3 Å². The molecular weight excluding hydrogens is 190 g/mol. The van der Waals surface area contributed by atoms with Crippen LogP contribution in [0, 0.1) is 0 Å². The van der Waals surface area contributed by atoms with Crippen molar-refractivity contribution in [3.8, 4) is 5.88 Å². The highest BCUT2D eigenvalue weighted by molar-refractivity contribution is 6.30. The third-order valence-corrected chi connectivity index (χ3v) is 2.18. The van der Waals surface area contributed by atoms with Crippen molar-refractivity contribution in [2.45, 2.75) is 12.5 Å². The van der Waals surface area contributed by atoms with E-state index in [-0.39, 0.29) is 6.10 Å². The summed E-state index contributed by atoms with van der Waals surface area (Å²) in [4.78, 5) is 7.88. The first-order valence-corrected chi connectivity index (χ1v) is 4.58. The second kappa shape index (κ2) is 3.89. The lowest BCUT2D eigenvalue weighted by atomic mass is 10.3. The van der Waals surface area contributed by atoms with Crippen molar-refractivity contribution in [1.29, 1.82) is 0 Å². The molecule has 13 heavy (non-hydrogen) atoms. The van der Waals surface area contributed by atoms with Crippen molar-refractivity contribution in [1.82, 2.24) is 15.3 Å². The topological polar surface area (TPSA) is 47.0 Å². The van der Waals surface area contributed by atoms with Gasteiger partial charge in [0.05, 0.1) is 0 Å². The van der Waals surface area contributed by atoms with Gasteiger partial charge in [0.25, 0.3) is 5.88 Å². The number of hydrogen-bond donors (Lipinski definition) is 1. The lowest BCUT2D eigenvalue weighted by Gasteiger charge is -2.11. The number of nitrogens with one attached hydrogen (secondary N) is 1. The Bertz CT molecular complexity index is 288. The summed E-state index contributed by atoms with van der Waals surface area (Å²) >= 11 is 5.78. The molecule has 1 fully saturated rings. The molecular formula is C8H10ClN3O. The molecule has 0 radical (unpaired) electrons. The second-order valence-corrected chi connectivity index (χ2v) is 3.24. The van der Waals surface area contributed by atoms with Gasteiger partial charge in [0.1, 0.15) is 6.10 Å². The molecule has 0 amide bonds. The van der Waals surface area contributed by atoms with Crippen LogP contribution >= 0.6 is 11.6 Å². The minimum absolute atomic E-state index is 0.175. The maximum absolute atomic E-state index is 5.78. The van der Waals surface area contributed by atoms with E-state index in [2.05, 4.69) is 15.3 Å². The summed E-state index contributed by atoms with van der Waals surface area (Å²) in [5.74, 6) is 0.429. The van der Waals surface area contributed by atoms with Crippen LogP contribution in [0.5, 0.6) is 5.88 Å². The maximum atomic E-state index is 5.78. The lowest BCUT2D eigenvalue weighted by Crippen LogP contribution is -2.20. The summed E-state index contributed by atoms with van der Waals surface area (Å²) in [5.41, 5.74) is 0. The average molecular weight is 200 g/mol. The molecule has 70 valence electrons. The summed E-state index contributed by atoms with van der Waals surface area (Å²) in [7, 11) is 0. The molecule has 1 aliphatic rings. The first kappa shape index (κ1) is 8.72. The van der Waals surface area contributed by atoms with Crippen molar-refractivity contribution in [2.24, 2.45) is 0 Å². The predicted octanol–water partition coefficient (Wildman–Crippen LogP) is 0.871. The highest BCUT2D eigenvalue weighted by Crippen LogP contribution is 2.19. The van der Waals surface area contributed by atoms with Gasteiger partial charge in [0, 0.05) is 18.9 Å². The summed E-state index contributed by atoms with van der Waals surface area (Å²) in [6.07, 6.45) is 4.28. The Morgan fingerprint density at radius 1 is 1.46 bits per heavy atom. The molecule has 2 heterocycles. The summed E-state index contributed by atoms with van der Waals surface area (Å²) in [6.45, 7) is 1.84. The van der Waals surface area contributed by atoms with Crippen LogP contribution in [0.2, 0.25) is 5.15 Å². The Hall–Kier alpha value is -0.870. The van der Waals surface area contributed by atoms with E-state index in [1.54, 1.807) is 12.4 Å². The fourth-order valence-corrected chi connectivity index (χ4v) is 1.42. The fourth-order valence-electron chi connectivity index (χ4n) is 1.27. The third-order valence-electron chi connectivity index (χ3n) is 1.92. The van der Waals surface area contributed by atoms with Crippen LogP contribution in [-0.4, -0.2) is 29.2 Å². The molecule has 0 unspecified atom stereocenters. The zero-order valence-corrected chi connectivity index (χ0v) is 7.79. The monoisotopic (exact) mass is 199 g/mol. The van der Waals surface area contributed by atoms with Crippen LogP contribution in [0.4, 0.5) is 0 Å². The molecule has 4 nitrogen and oxygen atoms in total. The molecule has 1 aliphatic heterocycles. The van der Waals surface area contributed by atoms with Gasteiger partial charge in [-0.05, 0) is 13.0 Å². The zero-order valence-electron chi connectivity index (χ0n) is 7.03. The summed E-state index contributed by atoms with van der Waals surface area (Å²) in [6, 6.07) is 0. The number of hydrogen-bond acceptors (Lipinski definition) is 4. The molecule has 1 aromatic heterocycles. The van der Waals surface area contributed by atoms with Gasteiger partial charge < -0.3 is 10.1 Å². The van der Waals surface area contributed by atoms with Gasteiger partial charge in [-0.25, -0.2) is 9.97 Å². The predicted molar refractivity (Wildman–Crippen MR) is 48.9 cm³/mol. The van der Waals surface area contributed by atoms with Gasteiger partial charge >= 0.3 is 0 Å². The SMILES string of the molecule is Clc1nccnc1O[C@@H]1CCNC1. The number of aromatic nitrogens is 2. The van der Waals surface area contributed by atoms with Gasteiger partial charge in [0.2, 0.25) is 0 Å². The molecule has 1 saturated heterocycles. The van der Waals surface area contributed by atoms with Crippen molar-refractivity contribution in [3.05, 3.63) is 17.5 Å². The van der Waals surface area contributed by atoms with E-state index in [9.17, 15) is 0 Å². The van der Waals surface area contributed by atoms with E-state index in [1.165, 1.54) is 0 Å². The molecule has 0 aromatic carbocycles. The van der Waals surface area contributed by atoms with Crippen LogP contribution in [0.25, 0.3) is 0 Å². The molecule has 1 aromatic rings. The van der Waals surface area contributed by atoms with Gasteiger partial charge in [0.15, 0.2) is 5.15 Å². The Kier molecular flexibility index (Phi) is 2.61. The van der Waals surface area contributed by atoms with E-state index in [4.69, 9.17) is 16.3 Å². The lowest BCUT2D eigenvalue weighted by molar-refractivity contribution is 0.213. The highest BCUT2D eigenvalue weighted by atomic mass is 35.5. The molecule has 5 heteroatoms. The average Bonchev–Trinajstić information content (AvgIpc) is 2.61. The molecule has 1 N–H and O–H groups in total. The number of rotatable bonds is 2. The van der Waals surface area contributed by atoms with E-state index in [1.807, 2.05) is 0 Å². The normalized spacial score (nSPS) is 21.8. The minimum atomic E-state index is 0.175. The summed E-state index contributed by atoms with van der Waals surface area (Å²) < 4.78 is 5.54. The van der Waals surface area contributed by atoms with E-state index < -0.39 is 0 Å². The van der Waals surface area contributed by atoms with Crippen molar-refractivity contribution in [2.75, 3.05) is 13.1 Å². The van der Waals surface area contributed by atoms with Gasteiger partial charge in [-0.3, -0.25) is 0 Å². The van der Waals surface area contributed by atoms with Crippen LogP contribution in [0.1, 0.15) is 6.42 Å². The Balaban J connectivity index is 2.04. The van der Waals surface area contributed by atoms with E-state index >= 15 is 0 Å². The highest BCUT2D eigenvalue weighted by Gasteiger charge is 2.17. The van der Waals surface area contributed by atoms with E-state index in [0.717, 1.165) is 19.5 Å². The Morgan fingerprint density at radius 2 is 2.31 bits per heavy atom. The number of ether oxygens (including phenoxy) is 1. The largest absolute Gasteiger partial charge is 0.471 e.